The molecule has 11 aromatic rings. The summed E-state index contributed by atoms with van der Waals surface area (Å²) in [6.45, 7) is 61.5. The number of hydrogen-bond acceptors (Lipinski definition) is 5. The van der Waals surface area contributed by atoms with Crippen molar-refractivity contribution in [3.63, 3.8) is 0 Å². The zero-order valence-corrected chi connectivity index (χ0v) is 75.5. The van der Waals surface area contributed by atoms with Crippen molar-refractivity contribution in [2.45, 2.75) is 285 Å². The second kappa shape index (κ2) is 58.6. The molecule has 0 aliphatic heterocycles. The molecule has 0 aliphatic carbocycles. The molecule has 11 heteroatoms. The molecule has 0 spiro atoms. The highest BCUT2D eigenvalue weighted by Crippen LogP contribution is 2.56. The van der Waals surface area contributed by atoms with Crippen LogP contribution in [0.25, 0.3) is 11.1 Å². The molecular formula is C110H156F6O4S. The maximum atomic E-state index is 14.0. The molecule has 11 rings (SSSR count). The molecule has 121 heavy (non-hydrogen) atoms. The highest BCUT2D eigenvalue weighted by atomic mass is 32.2. The Hall–Kier alpha value is -9.42. The van der Waals surface area contributed by atoms with E-state index in [-0.39, 0.29) is 69.3 Å². The minimum absolute atomic E-state index is 0. The number of hydrogen-bond donors (Lipinski definition) is 0. The van der Waals surface area contributed by atoms with Crippen molar-refractivity contribution in [3.8, 4) is 16.9 Å². The normalized spacial score (nSPS) is 10.1. The maximum absolute atomic E-state index is 14.0. The fourth-order valence-electron chi connectivity index (χ4n) is 11.5. The van der Waals surface area contributed by atoms with Crippen molar-refractivity contribution in [2.75, 3.05) is 20.0 Å². The quantitative estimate of drug-likeness (QED) is 0.0470. The van der Waals surface area contributed by atoms with Crippen LogP contribution in [0.1, 0.15) is 258 Å². The second-order valence-corrected chi connectivity index (χ2v) is 29.9. The van der Waals surface area contributed by atoms with Crippen LogP contribution in [0.5, 0.6) is 5.75 Å². The van der Waals surface area contributed by atoms with Crippen LogP contribution in [0.4, 0.5) is 26.3 Å². The summed E-state index contributed by atoms with van der Waals surface area (Å²) in [5.74, 6) is 0.432. The summed E-state index contributed by atoms with van der Waals surface area (Å²) < 4.78 is 100.0. The van der Waals surface area contributed by atoms with E-state index in [0.29, 0.717) is 34.4 Å². The summed E-state index contributed by atoms with van der Waals surface area (Å²) >= 11 is 1.83. The van der Waals surface area contributed by atoms with Crippen molar-refractivity contribution in [3.05, 3.63) is 357 Å². The second-order valence-electron chi connectivity index (χ2n) is 28.8. The van der Waals surface area contributed by atoms with Gasteiger partial charge < -0.3 is 14.2 Å². The standard InChI is InChI=1S/C20H24O4.C19H18F6.C19H24.C16H18S.C12H10.C10H14.4C2H6.6CH4/c1-14-5-7-18(11-16(14)3)20(21)23-10-9-22-13-24-19-8-6-15(2)17(4)12-19;1-11-5-7-15(9-13(11)3)17(18(20,21)22,19(23,24)25)16-8-6-12(2)14(4)10-16;1-13-7-9-17(11-15(13)3)19(5,6)18-10-8-14(2)16(4)12-18;1-11-5-7-15(9-13(11)3)17-16-8-6-12(2)14(4)10-16;1-3-7-11(8-4-1)12-9-5-2-6-10-12;1-7-5-9(3)10(4)6-8(7)2;4*1-2;;;;;;/h5-8,11-12H,9-10,13H2,1-4H3;5-10H,1-4H3;7-12H,1-6H3;5-10H,1-4H3;1-10H;5-6H,1-4H3;4*1-2H3;6*1H4. The van der Waals surface area contributed by atoms with Crippen molar-refractivity contribution in [2.24, 2.45) is 0 Å². The SMILES string of the molecule is C.C.C.C.C.C.CC.CC.CC.CC.Cc1cc(C)c(C)cc1C.Cc1ccc(C(C)(C)c2ccc(C)c(C)c2)cc1C.Cc1ccc(C(c2ccc(C)c(C)c2)(C(F)(F)F)C(F)(F)F)cc1C.Cc1ccc(OCOCCOC(=O)c2ccc(C)c(C)c2)cc1C.Cc1ccc(Sc2ccc(C)c(C)c2)cc1C.c1ccc(-c2ccccc2)cc1. The molecule has 0 fully saturated rings. The zero-order chi connectivity index (χ0) is 87.3. The minimum Gasteiger partial charge on any atom is -0.468 e. The molecule has 668 valence electrons. The third kappa shape index (κ3) is 36.3. The molecule has 0 aromatic heterocycles. The van der Waals surface area contributed by atoms with Crippen molar-refractivity contribution >= 4 is 17.7 Å². The monoisotopic (exact) mass is 1690 g/mol. The third-order valence-electron chi connectivity index (χ3n) is 20.4. The molecule has 0 unspecified atom stereocenters. The Labute approximate surface area is 738 Å². The number of carbonyl (C=O) groups is 1. The molecule has 4 nitrogen and oxygen atoms in total. The van der Waals surface area contributed by atoms with Crippen LogP contribution < -0.4 is 4.74 Å². The fraction of sp³-hybridized carbons (Fsp3) is 0.391. The number of esters is 1. The highest BCUT2D eigenvalue weighted by molar-refractivity contribution is 7.99. The van der Waals surface area contributed by atoms with E-state index in [4.69, 9.17) is 14.2 Å². The first-order valence-electron chi connectivity index (χ1n) is 40.2. The Kier molecular flexibility index (Phi) is 58.1. The summed E-state index contributed by atoms with van der Waals surface area (Å²) in [7, 11) is 0. The summed E-state index contributed by atoms with van der Waals surface area (Å²) in [6, 6.07) is 70.0. The lowest BCUT2D eigenvalue weighted by atomic mass is 9.71. The first-order valence-corrected chi connectivity index (χ1v) is 41.0. The first-order chi connectivity index (χ1) is 54.2. The number of halogens is 6. The lowest BCUT2D eigenvalue weighted by molar-refractivity contribution is -0.288. The van der Waals surface area contributed by atoms with Gasteiger partial charge in [0.2, 0.25) is 5.41 Å². The van der Waals surface area contributed by atoms with E-state index in [9.17, 15) is 31.1 Å². The summed E-state index contributed by atoms with van der Waals surface area (Å²) in [5, 5.41) is 0. The van der Waals surface area contributed by atoms with Crippen LogP contribution in [0.2, 0.25) is 0 Å². The predicted octanol–water partition coefficient (Wildman–Crippen LogP) is 35.0. The summed E-state index contributed by atoms with van der Waals surface area (Å²) in [6.07, 6.45) is -11.1. The van der Waals surface area contributed by atoms with Crippen molar-refractivity contribution < 1.29 is 45.3 Å². The van der Waals surface area contributed by atoms with Crippen LogP contribution in [0, 0.1) is 138 Å². The molecule has 0 bridgehead atoms. The van der Waals surface area contributed by atoms with Gasteiger partial charge in [0.25, 0.3) is 0 Å². The molecule has 0 N–H and O–H groups in total. The molecule has 11 aromatic carbocycles. The Balaban J connectivity index is -0.000000441. The maximum Gasteiger partial charge on any atom is 0.411 e. The molecular weight excluding hydrogens is 1530 g/mol. The van der Waals surface area contributed by atoms with E-state index in [2.05, 4.69) is 237 Å². The van der Waals surface area contributed by atoms with Gasteiger partial charge in [-0.15, -0.1) is 0 Å². The van der Waals surface area contributed by atoms with E-state index >= 15 is 0 Å². The van der Waals surface area contributed by atoms with Gasteiger partial charge in [-0.3, -0.25) is 0 Å². The Morgan fingerprint density at radius 3 is 0.851 bits per heavy atom. The van der Waals surface area contributed by atoms with Crippen molar-refractivity contribution in [1.82, 2.24) is 0 Å². The number of rotatable bonds is 14. The number of alkyl halides is 6. The van der Waals surface area contributed by atoms with Crippen LogP contribution in [-0.2, 0) is 20.3 Å². The van der Waals surface area contributed by atoms with Crippen LogP contribution in [-0.4, -0.2) is 38.3 Å². The average Bonchev–Trinajstić information content (AvgIpc) is 0.713. The van der Waals surface area contributed by atoms with Gasteiger partial charge in [0.05, 0.1) is 12.2 Å². The fourth-order valence-corrected chi connectivity index (χ4v) is 12.5. The van der Waals surface area contributed by atoms with Gasteiger partial charge in [-0.2, -0.15) is 26.3 Å². The van der Waals surface area contributed by atoms with Gasteiger partial charge in [0, 0.05) is 15.2 Å². The number of carbonyl (C=O) groups excluding carboxylic acids is 1. The van der Waals surface area contributed by atoms with Gasteiger partial charge in [0.15, 0.2) is 6.79 Å². The van der Waals surface area contributed by atoms with Gasteiger partial charge in [-0.25, -0.2) is 4.79 Å². The molecule has 0 saturated carbocycles. The van der Waals surface area contributed by atoms with Crippen molar-refractivity contribution in [1.29, 1.82) is 0 Å². The molecule has 0 aliphatic rings. The Morgan fingerprint density at radius 1 is 0.289 bits per heavy atom. The van der Waals surface area contributed by atoms with E-state index in [1.807, 2.05) is 130 Å². The van der Waals surface area contributed by atoms with Crippen LogP contribution in [0.15, 0.2) is 228 Å². The molecule has 0 heterocycles. The van der Waals surface area contributed by atoms with Gasteiger partial charge in [-0.05, 0) is 332 Å². The van der Waals surface area contributed by atoms with Gasteiger partial charge >= 0.3 is 18.3 Å². The number of ether oxygens (including phenoxy) is 3. The number of benzene rings is 11. The zero-order valence-electron chi connectivity index (χ0n) is 74.7. The molecule has 0 radical (unpaired) electrons. The molecule has 0 saturated heterocycles. The summed E-state index contributed by atoms with van der Waals surface area (Å²) in [5.41, 5.74) is 23.3. The Morgan fingerprint density at radius 2 is 0.554 bits per heavy atom. The topological polar surface area (TPSA) is 44.8 Å². The largest absolute Gasteiger partial charge is 0.468 e. The lowest BCUT2D eigenvalue weighted by Gasteiger charge is -2.38. The lowest BCUT2D eigenvalue weighted by Crippen LogP contribution is -2.54. The van der Waals surface area contributed by atoms with Crippen LogP contribution >= 0.6 is 11.8 Å². The van der Waals surface area contributed by atoms with E-state index in [1.165, 1.54) is 136 Å². The summed E-state index contributed by atoms with van der Waals surface area (Å²) in [4.78, 5) is 14.6. The number of aryl methyl sites for hydroxylation is 20. The van der Waals surface area contributed by atoms with E-state index in [1.54, 1.807) is 19.9 Å². The van der Waals surface area contributed by atoms with Gasteiger partial charge in [0.1, 0.15) is 12.4 Å². The first kappa shape index (κ1) is 120. The Bertz CT molecular complexity index is 4500. The predicted molar refractivity (Wildman–Crippen MR) is 521 cm³/mol. The van der Waals surface area contributed by atoms with E-state index < -0.39 is 28.9 Å². The molecule has 0 amide bonds. The average molecular weight is 1690 g/mol. The highest BCUT2D eigenvalue weighted by Gasteiger charge is 2.72. The van der Waals surface area contributed by atoms with Crippen LogP contribution in [0.3, 0.4) is 0 Å². The molecule has 0 atom stereocenters. The third-order valence-corrected chi connectivity index (χ3v) is 21.3. The smallest absolute Gasteiger partial charge is 0.411 e. The van der Waals surface area contributed by atoms with E-state index in [0.717, 1.165) is 41.1 Å². The minimum atomic E-state index is -5.55. The van der Waals surface area contributed by atoms with Gasteiger partial charge in [-0.1, -0.05) is 295 Å².